The summed E-state index contributed by atoms with van der Waals surface area (Å²) in [6, 6.07) is 4.09. The van der Waals surface area contributed by atoms with Crippen molar-refractivity contribution in [3.63, 3.8) is 0 Å². The first-order valence-electron chi connectivity index (χ1n) is 20.1. The van der Waals surface area contributed by atoms with Gasteiger partial charge in [-0.3, -0.25) is 28.4 Å². The zero-order valence-electron chi connectivity index (χ0n) is 35.7. The number of rotatable bonds is 15. The fraction of sp³-hybridized carbons (Fsp3) is 0.690. The molecule has 1 saturated heterocycles. The van der Waals surface area contributed by atoms with Crippen LogP contribution in [0.5, 0.6) is 0 Å². The van der Waals surface area contributed by atoms with Gasteiger partial charge in [-0.25, -0.2) is 9.59 Å². The number of benzene rings is 1. The van der Waals surface area contributed by atoms with E-state index in [2.05, 4.69) is 40.4 Å². The second-order valence-electron chi connectivity index (χ2n) is 19.5. The van der Waals surface area contributed by atoms with Gasteiger partial charge in [-0.1, -0.05) is 92.1 Å². The predicted octanol–water partition coefficient (Wildman–Crippen LogP) is 3.63. The zero-order valence-corrected chi connectivity index (χ0v) is 35.7. The summed E-state index contributed by atoms with van der Waals surface area (Å²) in [5.41, 5.74) is 2.50. The number of nitrogens with one attached hydrogen (secondary N) is 5. The number of carbonyl (C=O) groups excluding carboxylic acids is 7. The number of primary amides is 1. The van der Waals surface area contributed by atoms with Gasteiger partial charge in [-0.05, 0) is 60.3 Å². The number of urea groups is 1. The molecule has 0 aromatic heterocycles. The summed E-state index contributed by atoms with van der Waals surface area (Å²) in [5, 5.41) is 13.7. The van der Waals surface area contributed by atoms with E-state index >= 15 is 0 Å². The maximum Gasteiger partial charge on any atom is 0.408 e. The van der Waals surface area contributed by atoms with Gasteiger partial charge in [0, 0.05) is 24.9 Å². The molecule has 16 heteroatoms. The predicted molar refractivity (Wildman–Crippen MR) is 214 cm³/mol. The van der Waals surface area contributed by atoms with Gasteiger partial charge in [0.15, 0.2) is 0 Å². The Kier molecular flexibility index (Phi) is 13.3. The molecule has 1 aromatic carbocycles. The summed E-state index contributed by atoms with van der Waals surface area (Å²) in [7, 11) is 0. The van der Waals surface area contributed by atoms with E-state index in [0.717, 1.165) is 24.8 Å². The molecule has 7 amide bonds. The highest BCUT2D eigenvalue weighted by molar-refractivity contribution is 6.37. The monoisotopic (exact) mass is 813 g/mol. The van der Waals surface area contributed by atoms with Crippen LogP contribution in [0.25, 0.3) is 0 Å². The number of ketones is 1. The van der Waals surface area contributed by atoms with Crippen LogP contribution in [0.3, 0.4) is 0 Å². The molecule has 0 bridgehead atoms. The van der Waals surface area contributed by atoms with Crippen molar-refractivity contribution in [1.82, 2.24) is 31.5 Å². The standard InChI is InChI=1S/C42H64FN7O8/c1-37(2,3)28(22-45-34(55)39(7,8)49-36(57)58-23-25-15-12-11-13-16-25)47-35(56)48-30(38(4,5)6)33(54)50-24-42(40(9,10)41(42)18-14-19-41)21-27(50)32(53)46-26(17-20-43)29(51)31(44)52/h11-13,15-16,26-28,30H,14,17-24H2,1-10H3,(H2,44,52)(H,45,55)(H,46,53)(H,49,57)(H2,47,48,56)/t26?,27-,28+,30+,42+/m0/s1. The molecule has 322 valence electrons. The fourth-order valence-corrected chi connectivity index (χ4v) is 9.09. The lowest BCUT2D eigenvalue weighted by Crippen LogP contribution is -2.62. The number of hydrogen-bond acceptors (Lipinski definition) is 8. The third-order valence-corrected chi connectivity index (χ3v) is 13.1. The Morgan fingerprint density at radius 1 is 0.897 bits per heavy atom. The molecule has 58 heavy (non-hydrogen) atoms. The Bertz CT molecular complexity index is 1750. The molecule has 2 spiro atoms. The Morgan fingerprint density at radius 3 is 2.02 bits per heavy atom. The Balaban J connectivity index is 1.49. The molecule has 1 aliphatic heterocycles. The van der Waals surface area contributed by atoms with Gasteiger partial charge in [0.1, 0.15) is 24.2 Å². The minimum Gasteiger partial charge on any atom is -0.445 e. The number of fused-ring (bicyclic) bond motifs is 1. The lowest BCUT2D eigenvalue weighted by molar-refractivity contribution is -0.143. The smallest absolute Gasteiger partial charge is 0.408 e. The van der Waals surface area contributed by atoms with E-state index in [1.54, 1.807) is 20.8 Å². The molecule has 5 atom stereocenters. The van der Waals surface area contributed by atoms with Crippen molar-refractivity contribution in [3.8, 4) is 0 Å². The van der Waals surface area contributed by atoms with Crippen LogP contribution in [-0.2, 0) is 35.3 Å². The quantitative estimate of drug-likeness (QED) is 0.143. The first-order chi connectivity index (χ1) is 26.7. The summed E-state index contributed by atoms with van der Waals surface area (Å²) >= 11 is 0. The van der Waals surface area contributed by atoms with E-state index < -0.39 is 101 Å². The number of alkyl carbamates (subject to hydrolysis) is 1. The summed E-state index contributed by atoms with van der Waals surface area (Å²) in [5.74, 6) is -4.16. The molecule has 1 unspecified atom stereocenters. The van der Waals surface area contributed by atoms with E-state index in [1.807, 2.05) is 51.1 Å². The summed E-state index contributed by atoms with van der Waals surface area (Å²) < 4.78 is 18.7. The molecule has 3 fully saturated rings. The lowest BCUT2D eigenvalue weighted by Gasteiger charge is -2.37. The van der Waals surface area contributed by atoms with Crippen molar-refractivity contribution >= 4 is 41.5 Å². The molecule has 2 saturated carbocycles. The van der Waals surface area contributed by atoms with Crippen molar-refractivity contribution in [2.24, 2.45) is 32.8 Å². The van der Waals surface area contributed by atoms with Gasteiger partial charge >= 0.3 is 12.1 Å². The number of carbonyl (C=O) groups is 7. The first kappa shape index (κ1) is 45.9. The molecule has 0 radical (unpaired) electrons. The zero-order chi connectivity index (χ0) is 43.6. The van der Waals surface area contributed by atoms with E-state index in [1.165, 1.54) is 18.7 Å². The average molecular weight is 814 g/mol. The molecular formula is C42H64FN7O8. The third-order valence-electron chi connectivity index (χ3n) is 13.1. The molecule has 3 aliphatic rings. The van der Waals surface area contributed by atoms with Gasteiger partial charge in [0.2, 0.25) is 23.5 Å². The fourth-order valence-electron chi connectivity index (χ4n) is 9.09. The van der Waals surface area contributed by atoms with Gasteiger partial charge < -0.3 is 42.0 Å². The summed E-state index contributed by atoms with van der Waals surface area (Å²) in [6.45, 7) is 17.6. The van der Waals surface area contributed by atoms with Crippen LogP contribution in [-0.4, -0.2) is 95.9 Å². The lowest BCUT2D eigenvalue weighted by atomic mass is 9.73. The Hall–Kier alpha value is -4.76. The second kappa shape index (κ2) is 16.8. The van der Waals surface area contributed by atoms with Crippen LogP contribution < -0.4 is 32.3 Å². The van der Waals surface area contributed by atoms with E-state index in [9.17, 15) is 38.0 Å². The maximum absolute atomic E-state index is 14.8. The molecule has 4 rings (SSSR count). The van der Waals surface area contributed by atoms with Crippen LogP contribution in [0.1, 0.15) is 107 Å². The molecule has 2 aliphatic carbocycles. The molecule has 1 aromatic rings. The largest absolute Gasteiger partial charge is 0.445 e. The molecule has 1 heterocycles. The van der Waals surface area contributed by atoms with Crippen molar-refractivity contribution in [3.05, 3.63) is 35.9 Å². The van der Waals surface area contributed by atoms with Crippen molar-refractivity contribution in [1.29, 1.82) is 0 Å². The van der Waals surface area contributed by atoms with Crippen LogP contribution in [0.2, 0.25) is 0 Å². The number of ether oxygens (including phenoxy) is 1. The number of alkyl halides is 1. The minimum atomic E-state index is -1.49. The van der Waals surface area contributed by atoms with E-state index in [4.69, 9.17) is 10.5 Å². The highest BCUT2D eigenvalue weighted by Crippen LogP contribution is 2.88. The SMILES string of the molecule is CC(C)(NC(=O)OCc1ccccc1)C(=O)NC[C@@H](NC(=O)N[C@H](C(=O)N1C[C@]2(C[C@H]1C(=O)NC(CCF)C(=O)C(N)=O)C(C)(C)C21CCC1)C(C)(C)C)C(C)(C)C. The number of nitrogens with two attached hydrogens (primary N) is 1. The van der Waals surface area contributed by atoms with Gasteiger partial charge in [0.25, 0.3) is 5.91 Å². The normalized spacial score (nSPS) is 22.1. The van der Waals surface area contributed by atoms with Crippen LogP contribution in [0, 0.1) is 27.1 Å². The van der Waals surface area contributed by atoms with Gasteiger partial charge in [-0.2, -0.15) is 0 Å². The molecular weight excluding hydrogens is 750 g/mol. The molecule has 15 nitrogen and oxygen atoms in total. The first-order valence-corrected chi connectivity index (χ1v) is 20.1. The minimum absolute atomic E-state index is 0.0216. The number of hydrogen-bond donors (Lipinski definition) is 6. The highest BCUT2D eigenvalue weighted by Gasteiger charge is 2.85. The summed E-state index contributed by atoms with van der Waals surface area (Å²) in [6.07, 6.45) is 1.99. The second-order valence-corrected chi connectivity index (χ2v) is 19.5. The van der Waals surface area contributed by atoms with E-state index in [-0.39, 0.29) is 30.5 Å². The maximum atomic E-state index is 14.8. The number of nitrogens with zero attached hydrogens (tertiary/aromatic N) is 1. The molecule has 7 N–H and O–H groups in total. The van der Waals surface area contributed by atoms with Crippen LogP contribution in [0.15, 0.2) is 30.3 Å². The van der Waals surface area contributed by atoms with Crippen molar-refractivity contribution in [2.75, 3.05) is 19.8 Å². The van der Waals surface area contributed by atoms with E-state index in [0.29, 0.717) is 6.42 Å². The number of Topliss-reactive ketones (excluding diaryl/α,β-unsaturated/α-hetero) is 1. The van der Waals surface area contributed by atoms with Crippen LogP contribution >= 0.6 is 0 Å². The number of halogens is 1. The van der Waals surface area contributed by atoms with Crippen LogP contribution in [0.4, 0.5) is 14.0 Å². The average Bonchev–Trinajstić information content (AvgIpc) is 3.31. The highest BCUT2D eigenvalue weighted by atomic mass is 19.1. The topological polar surface area (TPSA) is 218 Å². The van der Waals surface area contributed by atoms with Crippen molar-refractivity contribution < 1.29 is 42.7 Å². The van der Waals surface area contributed by atoms with Gasteiger partial charge in [-0.15, -0.1) is 0 Å². The Labute approximate surface area is 341 Å². The van der Waals surface area contributed by atoms with Gasteiger partial charge in [0.05, 0.1) is 18.8 Å². The van der Waals surface area contributed by atoms with Crippen molar-refractivity contribution in [2.45, 2.75) is 138 Å². The summed E-state index contributed by atoms with van der Waals surface area (Å²) in [4.78, 5) is 94.2. The number of likely N-dealkylation sites (tertiary alicyclic amines) is 1. The number of amides is 7. The third kappa shape index (κ3) is 9.25. The Morgan fingerprint density at radius 2 is 1.52 bits per heavy atom.